The number of anilines is 2. The third-order valence-corrected chi connectivity index (χ3v) is 5.71. The molecule has 0 fully saturated rings. The Morgan fingerprint density at radius 3 is 2.03 bits per heavy atom. The number of aromatic hydroxyl groups is 1. The van der Waals surface area contributed by atoms with Crippen LogP contribution in [-0.4, -0.2) is 10.3 Å². The number of nitrogens with zero attached hydrogens (tertiary/aromatic N) is 1. The first-order valence-corrected chi connectivity index (χ1v) is 10.8. The van der Waals surface area contributed by atoms with E-state index in [1.54, 1.807) is 24.3 Å². The molecule has 2 aliphatic rings. The van der Waals surface area contributed by atoms with Crippen LogP contribution in [0.2, 0.25) is 0 Å². The normalized spacial score (nSPS) is 12.7. The third-order valence-electron chi connectivity index (χ3n) is 5.71. The molecule has 36 heavy (non-hydrogen) atoms. The molecular formula is C26H18N4O6. The molecule has 0 amide bonds. The predicted octanol–water partition coefficient (Wildman–Crippen LogP) is 1.30. The van der Waals surface area contributed by atoms with E-state index < -0.39 is 48.9 Å². The molecule has 10 nitrogen and oxygen atoms in total. The number of hydrazine groups is 1. The second-order valence-corrected chi connectivity index (χ2v) is 7.95. The monoisotopic (exact) mass is 482 g/mol. The van der Waals surface area contributed by atoms with E-state index in [1.165, 1.54) is 6.07 Å². The van der Waals surface area contributed by atoms with Crippen molar-refractivity contribution in [3.05, 3.63) is 131 Å². The zero-order chi connectivity index (χ0) is 25.4. The van der Waals surface area contributed by atoms with E-state index in [-0.39, 0.29) is 10.6 Å². The summed E-state index contributed by atoms with van der Waals surface area (Å²) in [5, 5.41) is 28.4. The summed E-state index contributed by atoms with van der Waals surface area (Å²) in [4.78, 5) is 43.6. The van der Waals surface area contributed by atoms with Crippen LogP contribution in [0.5, 0.6) is 5.75 Å². The summed E-state index contributed by atoms with van der Waals surface area (Å²) in [5.41, 5.74) is 5.17. The van der Waals surface area contributed by atoms with E-state index in [1.807, 2.05) is 30.3 Å². The molecule has 0 aromatic heterocycles. The Labute approximate surface area is 201 Å². The van der Waals surface area contributed by atoms with E-state index in [4.69, 9.17) is 0 Å². The number of phenolic OH excluding ortho intramolecular Hbond substituents is 1. The summed E-state index contributed by atoms with van der Waals surface area (Å²) >= 11 is 0. The number of rotatable bonds is 5. The molecule has 1 atom stereocenters. The van der Waals surface area contributed by atoms with Gasteiger partial charge in [-0.1, -0.05) is 18.2 Å². The molecule has 3 aromatic carbocycles. The summed E-state index contributed by atoms with van der Waals surface area (Å²) < 4.78 is 0. The summed E-state index contributed by atoms with van der Waals surface area (Å²) in [6, 6.07) is 20.8. The number of phenols is 1. The van der Waals surface area contributed by atoms with Gasteiger partial charge < -0.3 is 21.2 Å². The van der Waals surface area contributed by atoms with Crippen LogP contribution in [0, 0.1) is 15.6 Å². The van der Waals surface area contributed by atoms with Gasteiger partial charge in [0.2, 0.25) is 10.9 Å². The van der Waals surface area contributed by atoms with E-state index in [0.717, 1.165) is 29.6 Å². The molecule has 0 bridgehead atoms. The van der Waals surface area contributed by atoms with Crippen molar-refractivity contribution < 1.29 is 15.5 Å². The van der Waals surface area contributed by atoms with Gasteiger partial charge in [0, 0.05) is 6.07 Å². The molecule has 0 spiro atoms. The molecule has 5 N–H and O–H groups in total. The highest BCUT2D eigenvalue weighted by Crippen LogP contribution is 2.23. The quantitative estimate of drug-likeness (QED) is 0.185. The highest BCUT2D eigenvalue weighted by molar-refractivity contribution is 5.94. The summed E-state index contributed by atoms with van der Waals surface area (Å²) in [7, 11) is 0. The number of nitrogens with one attached hydrogen (secondary N) is 3. The lowest BCUT2D eigenvalue weighted by atomic mass is 10.0. The van der Waals surface area contributed by atoms with Gasteiger partial charge in [0.25, 0.3) is 0 Å². The molecule has 178 valence electrons. The molecule has 5 rings (SSSR count). The summed E-state index contributed by atoms with van der Waals surface area (Å²) in [6.07, 6.45) is 0. The van der Waals surface area contributed by atoms with Gasteiger partial charge >= 0.3 is 0 Å². The van der Waals surface area contributed by atoms with Crippen molar-refractivity contribution in [3.63, 3.8) is 0 Å². The summed E-state index contributed by atoms with van der Waals surface area (Å²) in [5.74, 6) is -0.576. The zero-order valence-corrected chi connectivity index (χ0v) is 18.5. The number of benzene rings is 3. The lowest BCUT2D eigenvalue weighted by Gasteiger charge is -2.13. The fourth-order valence-corrected chi connectivity index (χ4v) is 4.03. The molecule has 10 heteroatoms. The second kappa shape index (κ2) is 9.04. The Kier molecular flexibility index (Phi) is 5.74. The molecule has 0 saturated heterocycles. The second-order valence-electron chi connectivity index (χ2n) is 7.95. The minimum absolute atomic E-state index is 0.0383. The predicted molar refractivity (Wildman–Crippen MR) is 133 cm³/mol. The third kappa shape index (κ3) is 3.97. The van der Waals surface area contributed by atoms with Crippen LogP contribution in [0.3, 0.4) is 0 Å². The van der Waals surface area contributed by atoms with Gasteiger partial charge in [-0.05, 0) is 54.6 Å². The van der Waals surface area contributed by atoms with Crippen LogP contribution in [0.15, 0.2) is 98.2 Å². The first kappa shape index (κ1) is 22.9. The molecule has 3 aromatic rings. The average Bonchev–Trinajstić information content (AvgIpc) is 2.88. The highest BCUT2D eigenvalue weighted by Gasteiger charge is 2.20. The van der Waals surface area contributed by atoms with Crippen molar-refractivity contribution in [2.45, 2.75) is 0 Å². The van der Waals surface area contributed by atoms with Gasteiger partial charge in [0.05, 0.1) is 38.2 Å². The van der Waals surface area contributed by atoms with Gasteiger partial charge in [0.1, 0.15) is 11.1 Å². The van der Waals surface area contributed by atoms with Crippen LogP contribution in [0.25, 0.3) is 10.8 Å². The molecule has 0 aliphatic heterocycles. The van der Waals surface area contributed by atoms with Gasteiger partial charge in [-0.25, -0.2) is 10.2 Å². The molecule has 1 unspecified atom stereocenters. The van der Waals surface area contributed by atoms with E-state index >= 15 is 0 Å². The summed E-state index contributed by atoms with van der Waals surface area (Å²) in [6.45, 7) is 0. The van der Waals surface area contributed by atoms with Crippen molar-refractivity contribution >= 4 is 33.5 Å². The Morgan fingerprint density at radius 1 is 0.722 bits per heavy atom. The smallest absolute Gasteiger partial charge is 0.203 e. The maximum atomic E-state index is 13.4. The van der Waals surface area contributed by atoms with Crippen molar-refractivity contribution in [2.75, 3.05) is 10.9 Å². The fourth-order valence-electron chi connectivity index (χ4n) is 4.03. The van der Waals surface area contributed by atoms with Crippen molar-refractivity contribution in [3.8, 4) is 5.75 Å². The molecular weight excluding hydrogens is 464 g/mol. The van der Waals surface area contributed by atoms with Gasteiger partial charge in [0.15, 0.2) is 11.1 Å². The topological polar surface area (TPSA) is 156 Å². The first-order chi connectivity index (χ1) is 17.3. The maximum Gasteiger partial charge on any atom is 0.203 e. The van der Waals surface area contributed by atoms with Crippen LogP contribution < -0.4 is 37.7 Å². The first-order valence-electron chi connectivity index (χ1n) is 10.8. The van der Waals surface area contributed by atoms with Crippen LogP contribution >= 0.6 is 0 Å². The van der Waals surface area contributed by atoms with Gasteiger partial charge in [-0.15, -0.1) is 0 Å². The molecule has 2 aliphatic carbocycles. The average molecular weight is 482 g/mol. The van der Waals surface area contributed by atoms with Crippen molar-refractivity contribution in [1.82, 2.24) is 0 Å². The standard InChI is InChI=1S/C26H18N4O6/c31-19-12-10-17(27-14-6-8-16(9-7-14)29-28-15-4-2-1-3-5-15)21-23(19)26(34)24-20(32)13-11-18(30(35)36)22(24)25(21)33/h1-13,28-30,32,35H. The minimum Gasteiger partial charge on any atom is -0.595 e. The Hall–Kier alpha value is -4.90. The maximum absolute atomic E-state index is 13.4. The number of para-hydroxylation sites is 1. The Bertz CT molecular complexity index is 1880. The van der Waals surface area contributed by atoms with E-state index in [2.05, 4.69) is 15.8 Å². The largest absolute Gasteiger partial charge is 0.595 e. The molecule has 0 saturated carbocycles. The van der Waals surface area contributed by atoms with Crippen LogP contribution in [0.4, 0.5) is 22.7 Å². The number of hydrogen-bond acceptors (Lipinski definition) is 9. The lowest BCUT2D eigenvalue weighted by molar-refractivity contribution is -0.990. The highest BCUT2D eigenvalue weighted by atomic mass is 16.8. The zero-order valence-electron chi connectivity index (χ0n) is 18.5. The number of hydrogen-bond donors (Lipinski definition) is 5. The van der Waals surface area contributed by atoms with Gasteiger partial charge in [-0.3, -0.25) is 14.4 Å². The Balaban J connectivity index is 1.68. The van der Waals surface area contributed by atoms with Crippen molar-refractivity contribution in [2.24, 2.45) is 4.99 Å². The SMILES string of the molecule is O=c1ccc(=Nc2ccc(NNc3ccccc3)cc2)c2c(=O)c3c([NH+]([O-])O)ccc(O)c3c(=O)c1=2. The van der Waals surface area contributed by atoms with Crippen LogP contribution in [-0.2, 0) is 0 Å². The van der Waals surface area contributed by atoms with Gasteiger partial charge in [-0.2, -0.15) is 5.23 Å². The van der Waals surface area contributed by atoms with E-state index in [9.17, 15) is 29.9 Å². The minimum atomic E-state index is -1.44. The van der Waals surface area contributed by atoms with Crippen LogP contribution in [0.1, 0.15) is 0 Å². The van der Waals surface area contributed by atoms with Crippen molar-refractivity contribution in [1.29, 1.82) is 0 Å². The fraction of sp³-hybridized carbons (Fsp3) is 0. The number of quaternary nitrogens is 1. The number of fused-ring (bicyclic) bond motifs is 1. The Morgan fingerprint density at radius 2 is 1.36 bits per heavy atom. The molecule has 0 heterocycles. The van der Waals surface area contributed by atoms with E-state index in [0.29, 0.717) is 5.69 Å². The molecule has 0 radical (unpaired) electrons. The lowest BCUT2D eigenvalue weighted by Crippen LogP contribution is -2.99.